The SMILES string of the molecule is COc1ccc(CN(Cc2cc3cc(OC)c(OC)cc3[nH]c2=O)C(=S)NC2CCCCC2)cc1. The summed E-state index contributed by atoms with van der Waals surface area (Å²) < 4.78 is 16.1. The normalized spacial score (nSPS) is 13.9. The lowest BCUT2D eigenvalue weighted by molar-refractivity contribution is 0.355. The molecule has 7 nitrogen and oxygen atoms in total. The smallest absolute Gasteiger partial charge is 0.253 e. The number of hydrogen-bond donors (Lipinski definition) is 2. The maximum atomic E-state index is 13.0. The van der Waals surface area contributed by atoms with Crippen LogP contribution in [0.4, 0.5) is 0 Å². The van der Waals surface area contributed by atoms with Crippen LogP contribution in [0.1, 0.15) is 43.2 Å². The Morgan fingerprint density at radius 3 is 2.31 bits per heavy atom. The van der Waals surface area contributed by atoms with Gasteiger partial charge in [-0.15, -0.1) is 0 Å². The second kappa shape index (κ2) is 11.4. The van der Waals surface area contributed by atoms with Crippen molar-refractivity contribution in [2.45, 2.75) is 51.2 Å². The van der Waals surface area contributed by atoms with Gasteiger partial charge in [0, 0.05) is 29.6 Å². The van der Waals surface area contributed by atoms with E-state index in [1.807, 2.05) is 36.4 Å². The molecule has 0 amide bonds. The summed E-state index contributed by atoms with van der Waals surface area (Å²) in [7, 11) is 4.83. The van der Waals surface area contributed by atoms with Crippen LogP contribution >= 0.6 is 12.2 Å². The number of aromatic amines is 1. The zero-order chi connectivity index (χ0) is 24.8. The van der Waals surface area contributed by atoms with Crippen molar-refractivity contribution in [3.05, 3.63) is 63.9 Å². The Kier molecular flexibility index (Phi) is 8.13. The summed E-state index contributed by atoms with van der Waals surface area (Å²) in [5, 5.41) is 5.09. The Morgan fingerprint density at radius 1 is 0.971 bits per heavy atom. The number of thiocarbonyl (C=S) groups is 1. The average Bonchev–Trinajstić information content (AvgIpc) is 2.88. The maximum Gasteiger partial charge on any atom is 0.253 e. The molecule has 8 heteroatoms. The van der Waals surface area contributed by atoms with E-state index in [1.165, 1.54) is 19.3 Å². The number of hydrogen-bond acceptors (Lipinski definition) is 5. The molecule has 186 valence electrons. The lowest BCUT2D eigenvalue weighted by atomic mass is 9.96. The number of rotatable bonds is 8. The third-order valence-corrected chi connectivity index (χ3v) is 6.92. The quantitative estimate of drug-likeness (QED) is 0.436. The molecule has 4 rings (SSSR count). The zero-order valence-corrected chi connectivity index (χ0v) is 21.4. The van der Waals surface area contributed by atoms with Crippen molar-refractivity contribution in [1.82, 2.24) is 15.2 Å². The molecule has 35 heavy (non-hydrogen) atoms. The van der Waals surface area contributed by atoms with E-state index in [0.29, 0.717) is 46.8 Å². The van der Waals surface area contributed by atoms with E-state index in [4.69, 9.17) is 26.4 Å². The minimum Gasteiger partial charge on any atom is -0.497 e. The first-order chi connectivity index (χ1) is 17.0. The number of methoxy groups -OCH3 is 3. The summed E-state index contributed by atoms with van der Waals surface area (Å²) >= 11 is 5.86. The van der Waals surface area contributed by atoms with Gasteiger partial charge in [0.15, 0.2) is 16.6 Å². The third-order valence-electron chi connectivity index (χ3n) is 6.54. The Morgan fingerprint density at radius 2 is 1.66 bits per heavy atom. The second-order valence-corrected chi connectivity index (χ2v) is 9.29. The third kappa shape index (κ3) is 6.06. The standard InChI is InChI=1S/C27H33N3O4S/c1-32-22-11-9-18(10-12-22)16-30(27(35)28-21-7-5-4-6-8-21)17-20-13-19-14-24(33-2)25(34-3)15-23(19)29-26(20)31/h9-15,21H,4-8,16-17H2,1-3H3,(H,28,35)(H,29,31). The van der Waals surface area contributed by atoms with Crippen LogP contribution < -0.4 is 25.1 Å². The Bertz CT molecular complexity index is 1220. The molecule has 0 aliphatic heterocycles. The molecule has 2 N–H and O–H groups in total. The number of H-pyrrole nitrogens is 1. The predicted molar refractivity (Wildman–Crippen MR) is 143 cm³/mol. The van der Waals surface area contributed by atoms with Crippen LogP contribution in [-0.2, 0) is 13.1 Å². The molecule has 0 saturated heterocycles. The lowest BCUT2D eigenvalue weighted by Gasteiger charge is -2.31. The molecule has 0 radical (unpaired) electrons. The first-order valence-corrected chi connectivity index (χ1v) is 12.4. The van der Waals surface area contributed by atoms with Gasteiger partial charge in [0.1, 0.15) is 5.75 Å². The van der Waals surface area contributed by atoms with Crippen LogP contribution in [0.25, 0.3) is 10.9 Å². The minimum absolute atomic E-state index is 0.148. The fourth-order valence-corrected chi connectivity index (χ4v) is 4.86. The van der Waals surface area contributed by atoms with E-state index in [2.05, 4.69) is 15.2 Å². The fourth-order valence-electron chi connectivity index (χ4n) is 4.56. The van der Waals surface area contributed by atoms with E-state index in [-0.39, 0.29) is 5.56 Å². The first kappa shape index (κ1) is 24.9. The van der Waals surface area contributed by atoms with Gasteiger partial charge in [-0.05, 0) is 54.9 Å². The highest BCUT2D eigenvalue weighted by Gasteiger charge is 2.19. The molecule has 1 saturated carbocycles. The monoisotopic (exact) mass is 495 g/mol. The molecule has 1 aliphatic carbocycles. The molecule has 0 atom stereocenters. The van der Waals surface area contributed by atoms with Crippen molar-refractivity contribution < 1.29 is 14.2 Å². The maximum absolute atomic E-state index is 13.0. The molecule has 0 bridgehead atoms. The average molecular weight is 496 g/mol. The van der Waals surface area contributed by atoms with Crippen molar-refractivity contribution in [3.8, 4) is 17.2 Å². The van der Waals surface area contributed by atoms with Crippen molar-refractivity contribution in [2.24, 2.45) is 0 Å². The Balaban J connectivity index is 1.63. The van der Waals surface area contributed by atoms with Gasteiger partial charge in [-0.2, -0.15) is 0 Å². The molecule has 0 unspecified atom stereocenters. The van der Waals surface area contributed by atoms with E-state index < -0.39 is 0 Å². The highest BCUT2D eigenvalue weighted by atomic mass is 32.1. The van der Waals surface area contributed by atoms with Crippen molar-refractivity contribution >= 4 is 28.2 Å². The van der Waals surface area contributed by atoms with Gasteiger partial charge < -0.3 is 29.4 Å². The number of nitrogens with one attached hydrogen (secondary N) is 2. The van der Waals surface area contributed by atoms with E-state index >= 15 is 0 Å². The first-order valence-electron chi connectivity index (χ1n) is 12.0. The summed E-state index contributed by atoms with van der Waals surface area (Å²) in [6.45, 7) is 0.955. The Hall–Kier alpha value is -3.26. The molecule has 0 spiro atoms. The number of nitrogens with zero attached hydrogens (tertiary/aromatic N) is 1. The summed E-state index contributed by atoms with van der Waals surface area (Å²) in [5.74, 6) is 1.99. The molecular formula is C27H33N3O4S. The van der Waals surface area contributed by atoms with Crippen LogP contribution in [-0.4, -0.2) is 42.4 Å². The van der Waals surface area contributed by atoms with Crippen molar-refractivity contribution in [2.75, 3.05) is 21.3 Å². The number of benzene rings is 2. The molecule has 1 fully saturated rings. The van der Waals surface area contributed by atoms with Gasteiger partial charge in [-0.25, -0.2) is 0 Å². The largest absolute Gasteiger partial charge is 0.497 e. The summed E-state index contributed by atoms with van der Waals surface area (Å²) in [5.41, 5.74) is 2.26. The number of ether oxygens (including phenoxy) is 3. The highest BCUT2D eigenvalue weighted by molar-refractivity contribution is 7.80. The zero-order valence-electron chi connectivity index (χ0n) is 20.6. The lowest BCUT2D eigenvalue weighted by Crippen LogP contribution is -2.45. The summed E-state index contributed by atoms with van der Waals surface area (Å²) in [6.07, 6.45) is 5.95. The fraction of sp³-hybridized carbons (Fsp3) is 0.407. The summed E-state index contributed by atoms with van der Waals surface area (Å²) in [6, 6.07) is 13.9. The van der Waals surface area contributed by atoms with Crippen LogP contribution in [0.15, 0.2) is 47.3 Å². The van der Waals surface area contributed by atoms with Gasteiger partial charge in [0.25, 0.3) is 5.56 Å². The van der Waals surface area contributed by atoms with E-state index in [9.17, 15) is 4.79 Å². The van der Waals surface area contributed by atoms with E-state index in [1.54, 1.807) is 27.4 Å². The Labute approximate surface area is 211 Å². The molecule has 1 aromatic heterocycles. The number of aromatic nitrogens is 1. The minimum atomic E-state index is -0.148. The van der Waals surface area contributed by atoms with Gasteiger partial charge in [-0.1, -0.05) is 31.4 Å². The van der Waals surface area contributed by atoms with Crippen LogP contribution in [0, 0.1) is 0 Å². The van der Waals surface area contributed by atoms with Crippen molar-refractivity contribution in [1.29, 1.82) is 0 Å². The number of fused-ring (bicyclic) bond motifs is 1. The highest BCUT2D eigenvalue weighted by Crippen LogP contribution is 2.31. The van der Waals surface area contributed by atoms with Crippen LogP contribution in [0.2, 0.25) is 0 Å². The predicted octanol–water partition coefficient (Wildman–Crippen LogP) is 4.76. The van der Waals surface area contributed by atoms with Crippen molar-refractivity contribution in [3.63, 3.8) is 0 Å². The topological polar surface area (TPSA) is 75.8 Å². The second-order valence-electron chi connectivity index (χ2n) is 8.91. The molecule has 1 aliphatic rings. The number of pyridine rings is 1. The molecule has 1 heterocycles. The molecular weight excluding hydrogens is 462 g/mol. The van der Waals surface area contributed by atoms with E-state index in [0.717, 1.165) is 29.5 Å². The molecule has 2 aromatic carbocycles. The van der Waals surface area contributed by atoms with Gasteiger partial charge >= 0.3 is 0 Å². The van der Waals surface area contributed by atoms with Gasteiger partial charge in [0.2, 0.25) is 0 Å². The van der Waals surface area contributed by atoms with Crippen LogP contribution in [0.3, 0.4) is 0 Å². The van der Waals surface area contributed by atoms with Gasteiger partial charge in [-0.3, -0.25) is 4.79 Å². The summed E-state index contributed by atoms with van der Waals surface area (Å²) in [4.78, 5) is 18.1. The van der Waals surface area contributed by atoms with Crippen LogP contribution in [0.5, 0.6) is 17.2 Å². The van der Waals surface area contributed by atoms with Gasteiger partial charge in [0.05, 0.1) is 33.4 Å². The molecule has 3 aromatic rings.